The van der Waals surface area contributed by atoms with Gasteiger partial charge in [0.05, 0.1) is 6.04 Å². The quantitative estimate of drug-likeness (QED) is 0.596. The molecule has 3 nitrogen and oxygen atoms in total. The summed E-state index contributed by atoms with van der Waals surface area (Å²) in [6.07, 6.45) is 6.35. The molecule has 0 spiro atoms. The first kappa shape index (κ1) is 17.5. The van der Waals surface area contributed by atoms with Crippen LogP contribution >= 0.6 is 0 Å². The number of nitrogen functional groups attached to an aromatic ring is 1. The highest BCUT2D eigenvalue weighted by Gasteiger charge is 2.21. The lowest BCUT2D eigenvalue weighted by Gasteiger charge is -2.32. The van der Waals surface area contributed by atoms with Crippen molar-refractivity contribution in [3.63, 3.8) is 0 Å². The third-order valence-corrected chi connectivity index (χ3v) is 3.53. The van der Waals surface area contributed by atoms with Crippen LogP contribution in [0.4, 0.5) is 5.69 Å². The number of anilines is 1. The van der Waals surface area contributed by atoms with Crippen molar-refractivity contribution in [3.05, 3.63) is 53.6 Å². The van der Waals surface area contributed by atoms with Crippen molar-refractivity contribution in [1.29, 1.82) is 0 Å². The maximum absolute atomic E-state index is 6.00. The van der Waals surface area contributed by atoms with E-state index in [1.165, 1.54) is 11.1 Å². The minimum atomic E-state index is 0.0234. The molecule has 0 aliphatic heterocycles. The maximum Gasteiger partial charge on any atom is 0.0599 e. The Morgan fingerprint density at radius 2 is 1.95 bits per heavy atom. The Kier molecular flexibility index (Phi) is 7.20. The number of rotatable bonds is 7. The minimum absolute atomic E-state index is 0.0234. The monoisotopic (exact) mass is 287 g/mol. The average molecular weight is 287 g/mol. The van der Waals surface area contributed by atoms with E-state index in [-0.39, 0.29) is 12.1 Å². The summed E-state index contributed by atoms with van der Waals surface area (Å²) in [7, 11) is 0. The predicted molar refractivity (Wildman–Crippen MR) is 93.1 cm³/mol. The number of hydrogen-bond donors (Lipinski definition) is 2. The Bertz CT molecular complexity index is 485. The van der Waals surface area contributed by atoms with Gasteiger partial charge in [0.1, 0.15) is 0 Å². The van der Waals surface area contributed by atoms with Crippen LogP contribution in [0, 0.1) is 0 Å². The average Bonchev–Trinajstić information content (AvgIpc) is 2.43. The molecule has 1 rings (SSSR count). The summed E-state index contributed by atoms with van der Waals surface area (Å²) in [5, 5.41) is 0. The normalized spacial score (nSPS) is 15.6. The molecular weight excluding hydrogens is 258 g/mol. The van der Waals surface area contributed by atoms with Gasteiger partial charge in [-0.05, 0) is 50.2 Å². The van der Waals surface area contributed by atoms with Crippen LogP contribution in [0.25, 0.3) is 0 Å². The molecule has 2 atom stereocenters. The Morgan fingerprint density at radius 3 is 2.43 bits per heavy atom. The van der Waals surface area contributed by atoms with E-state index in [0.717, 1.165) is 18.8 Å². The van der Waals surface area contributed by atoms with Crippen LogP contribution < -0.4 is 11.5 Å². The second-order valence-electron chi connectivity index (χ2n) is 5.32. The van der Waals surface area contributed by atoms with Gasteiger partial charge in [-0.3, -0.25) is 4.90 Å². The van der Waals surface area contributed by atoms with Crippen LogP contribution in [0.2, 0.25) is 0 Å². The summed E-state index contributed by atoms with van der Waals surface area (Å²) in [6.45, 7) is 10.4. The Hall–Kier alpha value is -1.58. The standard InChI is InChI=1S/C18H29N3/c1-5-9-15(12-14(4)19)18(21(6-2)7-3)16-10-8-11-17(20)13-16/h5,8-14,18H,6-7,19-20H2,1-4H3/b9-5-,15-12+. The second-order valence-corrected chi connectivity index (χ2v) is 5.32. The third-order valence-electron chi connectivity index (χ3n) is 3.53. The molecule has 2 unspecified atom stereocenters. The van der Waals surface area contributed by atoms with Gasteiger partial charge in [-0.15, -0.1) is 0 Å². The van der Waals surface area contributed by atoms with Crippen molar-refractivity contribution in [2.75, 3.05) is 18.8 Å². The fraction of sp³-hybridized carbons (Fsp3) is 0.444. The van der Waals surface area contributed by atoms with Crippen LogP contribution in [0.3, 0.4) is 0 Å². The van der Waals surface area contributed by atoms with Crippen molar-refractivity contribution in [1.82, 2.24) is 4.90 Å². The highest BCUT2D eigenvalue weighted by molar-refractivity contribution is 5.45. The van der Waals surface area contributed by atoms with Gasteiger partial charge < -0.3 is 11.5 Å². The number of allylic oxidation sites excluding steroid dienone is 1. The van der Waals surface area contributed by atoms with Crippen molar-refractivity contribution < 1.29 is 0 Å². The summed E-state index contributed by atoms with van der Waals surface area (Å²) in [4.78, 5) is 2.42. The van der Waals surface area contributed by atoms with Gasteiger partial charge in [0.15, 0.2) is 0 Å². The number of hydrogen-bond acceptors (Lipinski definition) is 3. The number of benzene rings is 1. The van der Waals surface area contributed by atoms with E-state index >= 15 is 0 Å². The molecule has 1 aromatic rings. The molecule has 0 amide bonds. The van der Waals surface area contributed by atoms with Gasteiger partial charge in [-0.1, -0.05) is 44.2 Å². The van der Waals surface area contributed by atoms with E-state index < -0.39 is 0 Å². The van der Waals surface area contributed by atoms with E-state index in [4.69, 9.17) is 11.5 Å². The van der Waals surface area contributed by atoms with Gasteiger partial charge in [0, 0.05) is 11.7 Å². The Balaban J connectivity index is 3.36. The number of nitrogens with two attached hydrogens (primary N) is 2. The zero-order chi connectivity index (χ0) is 15.8. The lowest BCUT2D eigenvalue weighted by atomic mass is 9.94. The van der Waals surface area contributed by atoms with Crippen molar-refractivity contribution in [2.24, 2.45) is 5.73 Å². The van der Waals surface area contributed by atoms with Crippen LogP contribution in [-0.4, -0.2) is 24.0 Å². The van der Waals surface area contributed by atoms with Gasteiger partial charge >= 0.3 is 0 Å². The summed E-state index contributed by atoms with van der Waals surface area (Å²) in [6, 6.07) is 8.34. The van der Waals surface area contributed by atoms with Crippen LogP contribution in [0.5, 0.6) is 0 Å². The molecule has 3 heteroatoms. The molecule has 0 radical (unpaired) electrons. The Morgan fingerprint density at radius 1 is 1.29 bits per heavy atom. The molecule has 116 valence electrons. The predicted octanol–water partition coefficient (Wildman–Crippen LogP) is 3.50. The van der Waals surface area contributed by atoms with Gasteiger partial charge in [-0.25, -0.2) is 0 Å². The zero-order valence-electron chi connectivity index (χ0n) is 13.7. The smallest absolute Gasteiger partial charge is 0.0599 e. The second kappa shape index (κ2) is 8.65. The van der Waals surface area contributed by atoms with Gasteiger partial charge in [0.25, 0.3) is 0 Å². The maximum atomic E-state index is 6.00. The van der Waals surface area contributed by atoms with E-state index in [9.17, 15) is 0 Å². The molecule has 0 aliphatic carbocycles. The first-order valence-electron chi connectivity index (χ1n) is 7.72. The first-order chi connectivity index (χ1) is 10.0. The van der Waals surface area contributed by atoms with E-state index in [1.54, 1.807) is 0 Å². The van der Waals surface area contributed by atoms with Crippen molar-refractivity contribution in [3.8, 4) is 0 Å². The van der Waals surface area contributed by atoms with Crippen LogP contribution in [0.15, 0.2) is 48.1 Å². The zero-order valence-corrected chi connectivity index (χ0v) is 13.7. The van der Waals surface area contributed by atoms with E-state index in [0.29, 0.717) is 0 Å². The minimum Gasteiger partial charge on any atom is -0.399 e. The molecule has 0 aromatic heterocycles. The molecule has 0 heterocycles. The summed E-state index contributed by atoms with van der Waals surface area (Å²) < 4.78 is 0. The van der Waals surface area contributed by atoms with Gasteiger partial charge in [-0.2, -0.15) is 0 Å². The molecule has 0 bridgehead atoms. The van der Waals surface area contributed by atoms with Gasteiger partial charge in [0.2, 0.25) is 0 Å². The van der Waals surface area contributed by atoms with E-state index in [1.807, 2.05) is 26.0 Å². The molecule has 0 saturated carbocycles. The lowest BCUT2D eigenvalue weighted by molar-refractivity contribution is 0.249. The number of nitrogens with zero attached hydrogens (tertiary/aromatic N) is 1. The molecule has 21 heavy (non-hydrogen) atoms. The highest BCUT2D eigenvalue weighted by Crippen LogP contribution is 2.30. The lowest BCUT2D eigenvalue weighted by Crippen LogP contribution is -2.30. The molecule has 1 aromatic carbocycles. The van der Waals surface area contributed by atoms with Crippen molar-refractivity contribution >= 4 is 5.69 Å². The first-order valence-corrected chi connectivity index (χ1v) is 7.72. The highest BCUT2D eigenvalue weighted by atomic mass is 15.1. The molecule has 0 saturated heterocycles. The summed E-state index contributed by atoms with van der Waals surface area (Å²) in [5.74, 6) is 0. The van der Waals surface area contributed by atoms with Crippen LogP contribution in [0.1, 0.15) is 39.3 Å². The van der Waals surface area contributed by atoms with Crippen LogP contribution in [-0.2, 0) is 0 Å². The topological polar surface area (TPSA) is 55.3 Å². The molecule has 4 N–H and O–H groups in total. The fourth-order valence-corrected chi connectivity index (χ4v) is 2.67. The molecular formula is C18H29N3. The third kappa shape index (κ3) is 5.03. The molecule has 0 fully saturated rings. The van der Waals surface area contributed by atoms with E-state index in [2.05, 4.69) is 49.1 Å². The summed E-state index contributed by atoms with van der Waals surface area (Å²) >= 11 is 0. The number of likely N-dealkylation sites (N-methyl/N-ethyl adjacent to an activating group) is 1. The molecule has 0 aliphatic rings. The largest absolute Gasteiger partial charge is 0.399 e. The van der Waals surface area contributed by atoms with Crippen molar-refractivity contribution in [2.45, 2.75) is 39.8 Å². The Labute approximate surface area is 129 Å². The summed E-state index contributed by atoms with van der Waals surface area (Å²) in [5.41, 5.74) is 15.2. The fourth-order valence-electron chi connectivity index (χ4n) is 2.67. The SMILES string of the molecule is C/C=C\C(=C/C(C)N)C(c1cccc(N)c1)N(CC)CC.